The molecule has 0 aromatic rings. The van der Waals surface area contributed by atoms with Gasteiger partial charge in [-0.15, -0.1) is 0 Å². The fraction of sp³-hybridized carbons (Fsp3) is 0.944. The minimum absolute atomic E-state index is 0.102. The van der Waals surface area contributed by atoms with Crippen molar-refractivity contribution >= 4 is 39.5 Å². The lowest BCUT2D eigenvalue weighted by molar-refractivity contribution is -0.161. The van der Waals surface area contributed by atoms with Gasteiger partial charge in [-0.3, -0.25) is 37.3 Å². The van der Waals surface area contributed by atoms with Gasteiger partial charge in [0, 0.05) is 25.7 Å². The van der Waals surface area contributed by atoms with Gasteiger partial charge in [-0.1, -0.05) is 318 Å². The highest BCUT2D eigenvalue weighted by Crippen LogP contribution is 2.45. The minimum atomic E-state index is -4.95. The third-order valence-electron chi connectivity index (χ3n) is 17.1. The molecule has 0 aliphatic rings. The number of carbonyl (C=O) groups is 4. The van der Waals surface area contributed by atoms with Crippen molar-refractivity contribution in [3.05, 3.63) is 0 Å². The van der Waals surface area contributed by atoms with Gasteiger partial charge in [0.2, 0.25) is 0 Å². The summed E-state index contributed by atoms with van der Waals surface area (Å²) in [7, 11) is -9.90. The van der Waals surface area contributed by atoms with Crippen molar-refractivity contribution in [1.82, 2.24) is 0 Å². The Hall–Kier alpha value is -1.94. The molecule has 0 radical (unpaired) electrons. The van der Waals surface area contributed by atoms with Crippen molar-refractivity contribution in [3.63, 3.8) is 0 Å². The monoisotopic (exact) mass is 1340 g/mol. The summed E-state index contributed by atoms with van der Waals surface area (Å²) in [4.78, 5) is 72.5. The molecule has 3 unspecified atom stereocenters. The van der Waals surface area contributed by atoms with Crippen LogP contribution < -0.4 is 0 Å². The van der Waals surface area contributed by atoms with Gasteiger partial charge >= 0.3 is 39.5 Å². The molecule has 0 fully saturated rings. The molecule has 0 saturated carbocycles. The third kappa shape index (κ3) is 65.1. The van der Waals surface area contributed by atoms with Crippen LogP contribution in [0.15, 0.2) is 0 Å². The van der Waals surface area contributed by atoms with Gasteiger partial charge in [0.15, 0.2) is 12.2 Å². The molecule has 3 N–H and O–H groups in total. The molecular formula is C72H140O17P2. The van der Waals surface area contributed by atoms with Gasteiger partial charge in [0.05, 0.1) is 26.4 Å². The Balaban J connectivity index is 5.20. The third-order valence-corrected chi connectivity index (χ3v) is 19.0. The van der Waals surface area contributed by atoms with Crippen LogP contribution in [0.25, 0.3) is 0 Å². The number of ether oxygens (including phenoxy) is 4. The smallest absolute Gasteiger partial charge is 0.462 e. The number of esters is 4. The molecule has 91 heavy (non-hydrogen) atoms. The van der Waals surface area contributed by atoms with Crippen molar-refractivity contribution in [1.29, 1.82) is 0 Å². The fourth-order valence-electron chi connectivity index (χ4n) is 10.9. The lowest BCUT2D eigenvalue weighted by Gasteiger charge is -2.21. The van der Waals surface area contributed by atoms with E-state index in [0.717, 1.165) is 95.8 Å². The van der Waals surface area contributed by atoms with Gasteiger partial charge in [0.1, 0.15) is 19.3 Å². The zero-order valence-electron chi connectivity index (χ0n) is 59.1. The van der Waals surface area contributed by atoms with Crippen LogP contribution in [0.3, 0.4) is 0 Å². The number of rotatable bonds is 71. The summed E-state index contributed by atoms with van der Waals surface area (Å²) in [6.07, 6.45) is 50.2. The maximum absolute atomic E-state index is 13.0. The number of carbonyl (C=O) groups excluding carboxylic acids is 4. The molecule has 0 spiro atoms. The second-order valence-corrected chi connectivity index (χ2v) is 29.6. The molecule has 0 aromatic carbocycles. The molecule has 17 nitrogen and oxygen atoms in total. The van der Waals surface area contributed by atoms with Crippen LogP contribution in [-0.4, -0.2) is 96.7 Å². The fourth-order valence-corrected chi connectivity index (χ4v) is 12.5. The highest BCUT2D eigenvalue weighted by Gasteiger charge is 2.30. The first-order chi connectivity index (χ1) is 43.9. The molecule has 0 aliphatic heterocycles. The number of unbranched alkanes of at least 4 members (excludes halogenated alkanes) is 40. The molecule has 0 aliphatic carbocycles. The normalized spacial score (nSPS) is 14.4. The Labute approximate surface area is 556 Å². The zero-order valence-corrected chi connectivity index (χ0v) is 60.9. The molecule has 0 amide bonds. The van der Waals surface area contributed by atoms with E-state index in [9.17, 15) is 43.2 Å². The summed E-state index contributed by atoms with van der Waals surface area (Å²) in [5.74, 6) is -0.648. The van der Waals surface area contributed by atoms with E-state index in [1.807, 2.05) is 0 Å². The zero-order chi connectivity index (χ0) is 67.2. The number of phosphoric ester groups is 2. The standard InChI is InChI=1S/C72H140O17P2/c1-7-10-12-14-16-18-19-20-21-22-23-24-25-26-27-33-37-44-50-56-71(76)88-67(60-83-70(75)55-49-43-36-32-29-28-31-34-41-47-53-65(6)9-3)62-86-90(78,79)84-58-66(73)59-85-91(80,81)87-63-68(89-72(77)57-51-45-39-38-40-46-52-64(4)5)61-82-69(74)54-48-42-35-30-17-15-13-11-8-2/h64-68,73H,7-63H2,1-6H3,(H,78,79)(H,80,81)/t65?,66-,67-,68-/m1/s1. The summed E-state index contributed by atoms with van der Waals surface area (Å²) < 4.78 is 68.3. The molecule has 19 heteroatoms. The van der Waals surface area contributed by atoms with E-state index in [-0.39, 0.29) is 25.7 Å². The van der Waals surface area contributed by atoms with Crippen molar-refractivity contribution < 1.29 is 80.2 Å². The maximum atomic E-state index is 13.0. The van der Waals surface area contributed by atoms with Crippen molar-refractivity contribution in [2.24, 2.45) is 11.8 Å². The molecule has 0 bridgehead atoms. The number of hydrogen-bond acceptors (Lipinski definition) is 15. The predicted molar refractivity (Wildman–Crippen MR) is 368 cm³/mol. The van der Waals surface area contributed by atoms with E-state index in [1.165, 1.54) is 186 Å². The minimum Gasteiger partial charge on any atom is -0.462 e. The largest absolute Gasteiger partial charge is 0.472 e. The summed E-state index contributed by atoms with van der Waals surface area (Å²) in [6, 6.07) is 0. The van der Waals surface area contributed by atoms with E-state index >= 15 is 0 Å². The van der Waals surface area contributed by atoms with Gasteiger partial charge in [0.25, 0.3) is 0 Å². The SMILES string of the molecule is CCCCCCCCCCCCCCCCCCCCCC(=O)O[C@H](COC(=O)CCCCCCCCCCCCC(C)CC)COP(=O)(O)OC[C@@H](O)COP(=O)(O)OC[C@@H](COC(=O)CCCCCCCCCCC)OC(=O)CCCCCCCCC(C)C. The van der Waals surface area contributed by atoms with Crippen molar-refractivity contribution in [2.45, 2.75) is 387 Å². The molecule has 0 heterocycles. The second-order valence-electron chi connectivity index (χ2n) is 26.7. The van der Waals surface area contributed by atoms with Crippen LogP contribution in [0, 0.1) is 11.8 Å². The van der Waals surface area contributed by atoms with E-state index < -0.39 is 97.5 Å². The Morgan fingerprint density at radius 2 is 0.560 bits per heavy atom. The molecule has 540 valence electrons. The van der Waals surface area contributed by atoms with Crippen molar-refractivity contribution in [3.8, 4) is 0 Å². The first-order valence-electron chi connectivity index (χ1n) is 37.5. The molecule has 0 aromatic heterocycles. The number of phosphoric acid groups is 2. The molecular weight excluding hydrogens is 1200 g/mol. The van der Waals surface area contributed by atoms with Crippen molar-refractivity contribution in [2.75, 3.05) is 39.6 Å². The topological polar surface area (TPSA) is 237 Å². The Kier molecular flexibility index (Phi) is 62.7. The first-order valence-corrected chi connectivity index (χ1v) is 40.5. The highest BCUT2D eigenvalue weighted by molar-refractivity contribution is 7.47. The average Bonchev–Trinajstić information content (AvgIpc) is 3.73. The average molecular weight is 1340 g/mol. The summed E-state index contributed by atoms with van der Waals surface area (Å²) in [5, 5.41) is 10.6. The summed E-state index contributed by atoms with van der Waals surface area (Å²) >= 11 is 0. The quantitative estimate of drug-likeness (QED) is 0.0222. The Morgan fingerprint density at radius 1 is 0.319 bits per heavy atom. The number of aliphatic hydroxyl groups is 1. The van der Waals surface area contributed by atoms with Crippen LogP contribution >= 0.6 is 15.6 Å². The van der Waals surface area contributed by atoms with E-state index in [4.69, 9.17) is 37.0 Å². The van der Waals surface area contributed by atoms with E-state index in [1.54, 1.807) is 0 Å². The van der Waals surface area contributed by atoms with Gasteiger partial charge in [-0.2, -0.15) is 0 Å². The predicted octanol–water partition coefficient (Wildman–Crippen LogP) is 20.8. The maximum Gasteiger partial charge on any atom is 0.472 e. The summed E-state index contributed by atoms with van der Waals surface area (Å²) in [6.45, 7) is 9.48. The van der Waals surface area contributed by atoms with Gasteiger partial charge in [-0.25, -0.2) is 9.13 Å². The molecule has 6 atom stereocenters. The Morgan fingerprint density at radius 3 is 0.835 bits per heavy atom. The van der Waals surface area contributed by atoms with Crippen LogP contribution in [0.2, 0.25) is 0 Å². The number of hydrogen-bond donors (Lipinski definition) is 3. The first kappa shape index (κ1) is 89.1. The highest BCUT2D eigenvalue weighted by atomic mass is 31.2. The lowest BCUT2D eigenvalue weighted by Crippen LogP contribution is -2.30. The van der Waals surface area contributed by atoms with Crippen LogP contribution in [0.5, 0.6) is 0 Å². The van der Waals surface area contributed by atoms with Crippen LogP contribution in [0.1, 0.15) is 369 Å². The summed E-state index contributed by atoms with van der Waals surface area (Å²) in [5.41, 5.74) is 0. The van der Waals surface area contributed by atoms with Crippen LogP contribution in [0.4, 0.5) is 0 Å². The Bertz CT molecular complexity index is 1770. The van der Waals surface area contributed by atoms with E-state index in [0.29, 0.717) is 31.6 Å². The molecule has 0 saturated heterocycles. The van der Waals surface area contributed by atoms with Crippen LogP contribution in [-0.2, 0) is 65.4 Å². The van der Waals surface area contributed by atoms with Gasteiger partial charge in [-0.05, 0) is 37.5 Å². The van der Waals surface area contributed by atoms with E-state index in [2.05, 4.69) is 41.5 Å². The molecule has 0 rings (SSSR count). The van der Waals surface area contributed by atoms with Gasteiger partial charge < -0.3 is 33.8 Å². The second kappa shape index (κ2) is 64.1. The number of aliphatic hydroxyl groups excluding tert-OH is 1. The lowest BCUT2D eigenvalue weighted by atomic mass is 9.99.